The van der Waals surface area contributed by atoms with Gasteiger partial charge in [0.2, 0.25) is 0 Å². The maximum absolute atomic E-state index is 2.40. The first-order valence-electron chi connectivity index (χ1n) is 9.55. The lowest BCUT2D eigenvalue weighted by molar-refractivity contribution is 1.41. The van der Waals surface area contributed by atoms with Crippen LogP contribution >= 0.6 is 11.8 Å². The fraction of sp³-hybridized carbons (Fsp3) is 0.0769. The molecule has 2 heteroatoms. The summed E-state index contributed by atoms with van der Waals surface area (Å²) in [6.07, 6.45) is 0. The van der Waals surface area contributed by atoms with Crippen molar-refractivity contribution in [3.8, 4) is 0 Å². The summed E-state index contributed by atoms with van der Waals surface area (Å²) in [5.41, 5.74) is 0. The van der Waals surface area contributed by atoms with E-state index in [1.54, 1.807) is 11.8 Å². The zero-order valence-corrected chi connectivity index (χ0v) is 18.3. The third kappa shape index (κ3) is 5.72. The number of benzene rings is 4. The highest BCUT2D eigenvalue weighted by Crippen LogP contribution is 2.26. The molecule has 0 unspecified atom stereocenters. The van der Waals surface area contributed by atoms with Gasteiger partial charge in [-0.3, -0.25) is 0 Å². The molecule has 4 rings (SSSR count). The summed E-state index contributed by atoms with van der Waals surface area (Å²) in [5, 5.41) is 2.99. The average molecular weight is 399 g/mol. The van der Waals surface area contributed by atoms with Crippen LogP contribution in [-0.2, 0) is 0 Å². The Balaban J connectivity index is 0.000000162. The van der Waals surface area contributed by atoms with Gasteiger partial charge in [-0.1, -0.05) is 132 Å². The summed E-state index contributed by atoms with van der Waals surface area (Å²) in [6.45, 7) is 4.80. The summed E-state index contributed by atoms with van der Waals surface area (Å²) < 4.78 is 0. The van der Waals surface area contributed by atoms with E-state index >= 15 is 0 Å². The highest BCUT2D eigenvalue weighted by Gasteiger charge is 2.24. The largest absolute Gasteiger partial charge is 0.112 e. The molecule has 140 valence electrons. The molecule has 0 saturated heterocycles. The second-order valence-corrected chi connectivity index (χ2v) is 12.6. The fourth-order valence-electron chi connectivity index (χ4n) is 2.99. The van der Waals surface area contributed by atoms with Crippen molar-refractivity contribution in [3.63, 3.8) is 0 Å². The summed E-state index contributed by atoms with van der Waals surface area (Å²) in [6, 6.07) is 42.5. The summed E-state index contributed by atoms with van der Waals surface area (Å²) in [7, 11) is -1.46. The number of rotatable bonds is 4. The minimum Gasteiger partial charge on any atom is -0.0901 e. The highest BCUT2D eigenvalue weighted by molar-refractivity contribution is 7.99. The molecule has 4 aromatic rings. The number of hydrogen-bond acceptors (Lipinski definition) is 1. The average Bonchev–Trinajstić information content (AvgIpc) is 2.77. The molecule has 4 aromatic carbocycles. The van der Waals surface area contributed by atoms with Crippen LogP contribution in [0.5, 0.6) is 0 Å². The van der Waals surface area contributed by atoms with Gasteiger partial charge in [-0.25, -0.2) is 0 Å². The summed E-state index contributed by atoms with van der Waals surface area (Å²) >= 11 is 1.79. The molecular weight excluding hydrogens is 372 g/mol. The molecule has 0 spiro atoms. The minimum absolute atomic E-state index is 1.29. The molecule has 0 heterocycles. The molecule has 0 saturated carbocycles. The van der Waals surface area contributed by atoms with Crippen molar-refractivity contribution in [1.82, 2.24) is 0 Å². The van der Waals surface area contributed by atoms with E-state index in [9.17, 15) is 0 Å². The van der Waals surface area contributed by atoms with Crippen LogP contribution in [0.15, 0.2) is 131 Å². The van der Waals surface area contributed by atoms with Gasteiger partial charge in [-0.15, -0.1) is 0 Å². The third-order valence-corrected chi connectivity index (χ3v) is 9.28. The van der Waals surface area contributed by atoms with Crippen molar-refractivity contribution in [2.45, 2.75) is 22.9 Å². The summed E-state index contributed by atoms with van der Waals surface area (Å²) in [4.78, 5) is 2.57. The Labute approximate surface area is 174 Å². The van der Waals surface area contributed by atoms with Crippen molar-refractivity contribution < 1.29 is 0 Å². The molecule has 0 aliphatic heterocycles. The monoisotopic (exact) mass is 398 g/mol. The smallest absolute Gasteiger partial charge is 0.0901 e. The zero-order valence-electron chi connectivity index (χ0n) is 16.5. The minimum atomic E-state index is -1.46. The lowest BCUT2D eigenvalue weighted by atomic mass is 10.4. The second-order valence-electron chi connectivity index (χ2n) is 7.09. The van der Waals surface area contributed by atoms with Gasteiger partial charge in [-0.05, 0) is 24.3 Å². The zero-order chi connectivity index (χ0) is 19.7. The maximum atomic E-state index is 2.40. The lowest BCUT2D eigenvalue weighted by Gasteiger charge is -2.23. The van der Waals surface area contributed by atoms with Crippen molar-refractivity contribution in [2.24, 2.45) is 0 Å². The molecule has 0 amide bonds. The van der Waals surface area contributed by atoms with Crippen LogP contribution in [0.1, 0.15) is 0 Å². The van der Waals surface area contributed by atoms with Crippen LogP contribution in [0.2, 0.25) is 13.1 Å². The normalized spacial score (nSPS) is 10.6. The van der Waals surface area contributed by atoms with Crippen LogP contribution in [-0.4, -0.2) is 8.07 Å². The maximum Gasteiger partial charge on any atom is 0.112 e. The highest BCUT2D eigenvalue weighted by atomic mass is 32.2. The van der Waals surface area contributed by atoms with Crippen molar-refractivity contribution in [1.29, 1.82) is 0 Å². The Morgan fingerprint density at radius 1 is 0.429 bits per heavy atom. The van der Waals surface area contributed by atoms with E-state index < -0.39 is 8.07 Å². The van der Waals surface area contributed by atoms with Gasteiger partial charge in [0.05, 0.1) is 0 Å². The van der Waals surface area contributed by atoms with Crippen molar-refractivity contribution in [3.05, 3.63) is 121 Å². The van der Waals surface area contributed by atoms with Gasteiger partial charge in [-0.2, -0.15) is 0 Å². The standard InChI is InChI=1S/C14H16Si.C12H10S/c1-15(2,13-9-5-3-6-10-13)14-11-7-4-8-12-14;1-3-7-11(8-4-1)13-12-9-5-2-6-10-12/h3-12H,1-2H3;1-10H. The fourth-order valence-corrected chi connectivity index (χ4v) is 6.23. The van der Waals surface area contributed by atoms with E-state index in [4.69, 9.17) is 0 Å². The molecule has 0 bridgehead atoms. The number of hydrogen-bond donors (Lipinski definition) is 0. The van der Waals surface area contributed by atoms with E-state index in [1.807, 2.05) is 12.1 Å². The third-order valence-electron chi connectivity index (χ3n) is 4.71. The first-order chi connectivity index (χ1) is 13.7. The van der Waals surface area contributed by atoms with Crippen molar-refractivity contribution in [2.75, 3.05) is 0 Å². The van der Waals surface area contributed by atoms with Gasteiger partial charge >= 0.3 is 0 Å². The lowest BCUT2D eigenvalue weighted by Crippen LogP contribution is -2.52. The SMILES string of the molecule is C[Si](C)(c1ccccc1)c1ccccc1.c1ccc(Sc2ccccc2)cc1. The van der Waals surface area contributed by atoms with Crippen LogP contribution in [0, 0.1) is 0 Å². The Morgan fingerprint density at radius 3 is 1.04 bits per heavy atom. The van der Waals surface area contributed by atoms with Crippen molar-refractivity contribution >= 4 is 30.2 Å². The van der Waals surface area contributed by atoms with E-state index in [1.165, 1.54) is 20.2 Å². The van der Waals surface area contributed by atoms with Crippen LogP contribution in [0.4, 0.5) is 0 Å². The van der Waals surface area contributed by atoms with Crippen LogP contribution in [0.3, 0.4) is 0 Å². The molecule has 0 atom stereocenters. The topological polar surface area (TPSA) is 0 Å². The molecule has 0 nitrogen and oxygen atoms in total. The molecule has 0 radical (unpaired) electrons. The second kappa shape index (κ2) is 10.1. The van der Waals surface area contributed by atoms with Gasteiger partial charge in [0.15, 0.2) is 0 Å². The van der Waals surface area contributed by atoms with E-state index in [2.05, 4.69) is 122 Å². The van der Waals surface area contributed by atoms with Gasteiger partial charge in [0.25, 0.3) is 0 Å². The van der Waals surface area contributed by atoms with Crippen LogP contribution < -0.4 is 10.4 Å². The quantitative estimate of drug-likeness (QED) is 0.361. The first kappa shape index (κ1) is 20.2. The Kier molecular flexibility index (Phi) is 7.29. The summed E-state index contributed by atoms with van der Waals surface area (Å²) in [5.74, 6) is 0. The Hall–Kier alpha value is -2.55. The van der Waals surface area contributed by atoms with Gasteiger partial charge in [0.1, 0.15) is 8.07 Å². The molecular formula is C26H26SSi. The van der Waals surface area contributed by atoms with Gasteiger partial charge in [0, 0.05) is 9.79 Å². The van der Waals surface area contributed by atoms with E-state index in [-0.39, 0.29) is 0 Å². The van der Waals surface area contributed by atoms with E-state index in [0.717, 1.165) is 0 Å². The van der Waals surface area contributed by atoms with E-state index in [0.29, 0.717) is 0 Å². The molecule has 0 aliphatic carbocycles. The Bertz CT molecular complexity index is 858. The first-order valence-corrected chi connectivity index (χ1v) is 13.4. The van der Waals surface area contributed by atoms with Gasteiger partial charge < -0.3 is 0 Å². The predicted molar refractivity (Wildman–Crippen MR) is 127 cm³/mol. The van der Waals surface area contributed by atoms with Crippen LogP contribution in [0.25, 0.3) is 0 Å². The molecule has 0 fully saturated rings. The molecule has 0 aliphatic rings. The Morgan fingerprint density at radius 2 is 0.714 bits per heavy atom. The predicted octanol–water partition coefficient (Wildman–Crippen LogP) is 6.35. The molecule has 0 N–H and O–H groups in total. The molecule has 0 aromatic heterocycles. The molecule has 28 heavy (non-hydrogen) atoms.